The Kier molecular flexibility index (Phi) is 7.80. The molecule has 0 unspecified atom stereocenters. The largest absolute Gasteiger partial charge is 0.492 e. The Balaban J connectivity index is 1.35. The van der Waals surface area contributed by atoms with E-state index in [2.05, 4.69) is 0 Å². The Hall–Kier alpha value is -3.26. The average Bonchev–Trinajstić information content (AvgIpc) is 3.08. The fourth-order valence-electron chi connectivity index (χ4n) is 3.18. The highest BCUT2D eigenvalue weighted by molar-refractivity contribution is 8.18. The third-order valence-corrected chi connectivity index (χ3v) is 6.47. The molecule has 1 aliphatic rings. The minimum atomic E-state index is -0.617. The van der Waals surface area contributed by atoms with Gasteiger partial charge in [0.05, 0.1) is 22.0 Å². The Morgan fingerprint density at radius 1 is 0.971 bits per heavy atom. The molecule has 3 aromatic rings. The molecular weight excluding hydrogens is 509 g/mol. The van der Waals surface area contributed by atoms with Gasteiger partial charge in [-0.3, -0.25) is 14.5 Å². The van der Waals surface area contributed by atoms with Gasteiger partial charge in [0, 0.05) is 5.02 Å². The number of ether oxygens (including phenoxy) is 2. The standard InChI is InChI=1S/C26H19Cl2NO5S/c1-16-2-7-19(8-3-16)33-13-12-29-24(30)23(35-26(29)32)14-17-4-9-20(10-5-17)34-25(31)21-11-6-18(27)15-22(21)28/h2-11,14-15H,12-13H2,1H3/b23-14-. The summed E-state index contributed by atoms with van der Waals surface area (Å²) in [7, 11) is 0. The van der Waals surface area contributed by atoms with Gasteiger partial charge in [0.25, 0.3) is 11.1 Å². The van der Waals surface area contributed by atoms with E-state index in [-0.39, 0.29) is 34.9 Å². The number of nitrogens with zero attached hydrogens (tertiary/aromatic N) is 1. The second-order valence-corrected chi connectivity index (χ2v) is 9.41. The molecular formula is C26H19Cl2NO5S. The smallest absolute Gasteiger partial charge is 0.345 e. The highest BCUT2D eigenvalue weighted by Gasteiger charge is 2.34. The molecule has 1 fully saturated rings. The molecule has 35 heavy (non-hydrogen) atoms. The fourth-order valence-corrected chi connectivity index (χ4v) is 4.53. The number of hydrogen-bond acceptors (Lipinski definition) is 6. The van der Waals surface area contributed by atoms with Crippen molar-refractivity contribution in [3.63, 3.8) is 0 Å². The van der Waals surface area contributed by atoms with Crippen molar-refractivity contribution in [2.45, 2.75) is 6.92 Å². The van der Waals surface area contributed by atoms with Crippen molar-refractivity contribution < 1.29 is 23.9 Å². The van der Waals surface area contributed by atoms with E-state index in [1.807, 2.05) is 31.2 Å². The predicted molar refractivity (Wildman–Crippen MR) is 137 cm³/mol. The van der Waals surface area contributed by atoms with Crippen LogP contribution >= 0.6 is 35.0 Å². The zero-order valence-corrected chi connectivity index (χ0v) is 20.8. The topological polar surface area (TPSA) is 72.9 Å². The predicted octanol–water partition coefficient (Wildman–Crippen LogP) is 6.64. The maximum Gasteiger partial charge on any atom is 0.345 e. The van der Waals surface area contributed by atoms with Gasteiger partial charge in [-0.25, -0.2) is 4.79 Å². The van der Waals surface area contributed by atoms with Gasteiger partial charge < -0.3 is 9.47 Å². The molecule has 0 aromatic heterocycles. The second-order valence-electron chi connectivity index (χ2n) is 7.58. The lowest BCUT2D eigenvalue weighted by Crippen LogP contribution is -2.32. The summed E-state index contributed by atoms with van der Waals surface area (Å²) in [6.07, 6.45) is 1.62. The molecule has 9 heteroatoms. The van der Waals surface area contributed by atoms with Crippen LogP contribution in [0.15, 0.2) is 71.6 Å². The molecule has 0 saturated carbocycles. The van der Waals surface area contributed by atoms with E-state index in [0.29, 0.717) is 27.0 Å². The van der Waals surface area contributed by atoms with Crippen LogP contribution in [0.1, 0.15) is 21.5 Å². The van der Waals surface area contributed by atoms with Gasteiger partial charge in [-0.15, -0.1) is 0 Å². The molecule has 1 aliphatic heterocycles. The molecule has 6 nitrogen and oxygen atoms in total. The van der Waals surface area contributed by atoms with E-state index in [1.165, 1.54) is 12.1 Å². The monoisotopic (exact) mass is 527 g/mol. The van der Waals surface area contributed by atoms with Crippen LogP contribution in [0.5, 0.6) is 11.5 Å². The van der Waals surface area contributed by atoms with Crippen LogP contribution in [0, 0.1) is 6.92 Å². The summed E-state index contributed by atoms with van der Waals surface area (Å²) >= 11 is 12.8. The van der Waals surface area contributed by atoms with E-state index in [9.17, 15) is 14.4 Å². The molecule has 2 amide bonds. The normalized spacial score (nSPS) is 14.5. The molecule has 3 aromatic carbocycles. The van der Waals surface area contributed by atoms with Crippen LogP contribution in [-0.2, 0) is 4.79 Å². The van der Waals surface area contributed by atoms with Crippen LogP contribution in [0.25, 0.3) is 6.08 Å². The molecule has 0 N–H and O–H groups in total. The van der Waals surface area contributed by atoms with Crippen molar-refractivity contribution in [3.05, 3.63) is 98.4 Å². The molecule has 1 heterocycles. The van der Waals surface area contributed by atoms with Gasteiger partial charge in [-0.1, -0.05) is 53.0 Å². The van der Waals surface area contributed by atoms with Crippen molar-refractivity contribution in [2.24, 2.45) is 0 Å². The molecule has 4 rings (SSSR count). The molecule has 0 atom stereocenters. The van der Waals surface area contributed by atoms with Crippen LogP contribution in [0.4, 0.5) is 4.79 Å². The zero-order valence-electron chi connectivity index (χ0n) is 18.5. The third kappa shape index (κ3) is 6.25. The number of aryl methyl sites for hydroxylation is 1. The molecule has 1 saturated heterocycles. The fraction of sp³-hybridized carbons (Fsp3) is 0.115. The average molecular weight is 528 g/mol. The minimum absolute atomic E-state index is 0.151. The number of thioether (sulfide) groups is 1. The Morgan fingerprint density at radius 3 is 2.34 bits per heavy atom. The van der Waals surface area contributed by atoms with Crippen molar-refractivity contribution >= 4 is 58.2 Å². The van der Waals surface area contributed by atoms with Crippen LogP contribution in [0.3, 0.4) is 0 Å². The van der Waals surface area contributed by atoms with Gasteiger partial charge >= 0.3 is 5.97 Å². The van der Waals surface area contributed by atoms with Gasteiger partial charge in [0.15, 0.2) is 0 Å². The first-order valence-corrected chi connectivity index (χ1v) is 12.1. The van der Waals surface area contributed by atoms with Crippen molar-refractivity contribution in [3.8, 4) is 11.5 Å². The first-order chi connectivity index (χ1) is 16.8. The first kappa shape index (κ1) is 24.9. The molecule has 0 aliphatic carbocycles. The molecule has 178 valence electrons. The van der Waals surface area contributed by atoms with Gasteiger partial charge in [-0.05, 0) is 72.8 Å². The van der Waals surface area contributed by atoms with Crippen LogP contribution in [-0.4, -0.2) is 35.2 Å². The number of benzene rings is 3. The van der Waals surface area contributed by atoms with Crippen molar-refractivity contribution in [1.29, 1.82) is 0 Å². The summed E-state index contributed by atoms with van der Waals surface area (Å²) < 4.78 is 11.0. The van der Waals surface area contributed by atoms with Crippen molar-refractivity contribution in [2.75, 3.05) is 13.2 Å². The summed E-state index contributed by atoms with van der Waals surface area (Å²) in [5.41, 5.74) is 1.99. The molecule has 0 spiro atoms. The number of amides is 2. The summed E-state index contributed by atoms with van der Waals surface area (Å²) in [6.45, 7) is 2.33. The Bertz CT molecular complexity index is 1310. The summed E-state index contributed by atoms with van der Waals surface area (Å²) in [5, 5.41) is 0.261. The molecule has 0 radical (unpaired) electrons. The van der Waals surface area contributed by atoms with Crippen molar-refractivity contribution in [1.82, 2.24) is 4.90 Å². The van der Waals surface area contributed by atoms with E-state index >= 15 is 0 Å². The first-order valence-electron chi connectivity index (χ1n) is 10.5. The van der Waals surface area contributed by atoms with E-state index in [1.54, 1.807) is 36.4 Å². The number of esters is 1. The summed E-state index contributed by atoms with van der Waals surface area (Å²) in [5.74, 6) is -0.00875. The lowest BCUT2D eigenvalue weighted by Gasteiger charge is -2.13. The van der Waals surface area contributed by atoms with Crippen LogP contribution in [0.2, 0.25) is 10.0 Å². The van der Waals surface area contributed by atoms with E-state index < -0.39 is 5.97 Å². The maximum atomic E-state index is 12.7. The van der Waals surface area contributed by atoms with E-state index in [0.717, 1.165) is 22.2 Å². The lowest BCUT2D eigenvalue weighted by atomic mass is 10.2. The Morgan fingerprint density at radius 2 is 1.66 bits per heavy atom. The Labute approximate surface area is 216 Å². The molecule has 0 bridgehead atoms. The number of carbonyl (C=O) groups excluding carboxylic acids is 3. The lowest BCUT2D eigenvalue weighted by molar-refractivity contribution is -0.123. The highest BCUT2D eigenvalue weighted by atomic mass is 35.5. The maximum absolute atomic E-state index is 12.7. The van der Waals surface area contributed by atoms with Gasteiger partial charge in [0.2, 0.25) is 0 Å². The van der Waals surface area contributed by atoms with E-state index in [4.69, 9.17) is 32.7 Å². The SMILES string of the molecule is Cc1ccc(OCCN2C(=O)S/C(=C\c3ccc(OC(=O)c4ccc(Cl)cc4Cl)cc3)C2=O)cc1. The number of halogens is 2. The quantitative estimate of drug-likeness (QED) is 0.195. The minimum Gasteiger partial charge on any atom is -0.492 e. The second kappa shape index (κ2) is 11.0. The van der Waals surface area contributed by atoms with Gasteiger partial charge in [0.1, 0.15) is 18.1 Å². The van der Waals surface area contributed by atoms with Gasteiger partial charge in [-0.2, -0.15) is 0 Å². The zero-order chi connectivity index (χ0) is 24.9. The number of imide groups is 1. The number of carbonyl (C=O) groups is 3. The summed E-state index contributed by atoms with van der Waals surface area (Å²) in [4.78, 5) is 38.9. The van der Waals surface area contributed by atoms with Crippen LogP contribution < -0.4 is 9.47 Å². The number of rotatable bonds is 7. The third-order valence-electron chi connectivity index (χ3n) is 5.02. The number of hydrogen-bond donors (Lipinski definition) is 0. The summed E-state index contributed by atoms with van der Waals surface area (Å²) in [6, 6.07) is 18.6. The highest BCUT2D eigenvalue weighted by Crippen LogP contribution is 2.32.